The lowest BCUT2D eigenvalue weighted by molar-refractivity contribution is 0.379. The summed E-state index contributed by atoms with van der Waals surface area (Å²) in [6.45, 7) is 12.7. The number of benzene rings is 1. The van der Waals surface area contributed by atoms with Crippen LogP contribution in [-0.4, -0.2) is 4.98 Å². The second kappa shape index (κ2) is 5.80. The van der Waals surface area contributed by atoms with Gasteiger partial charge in [-0.25, -0.2) is 4.98 Å². The molecule has 1 heterocycles. The molecule has 0 saturated carbocycles. The van der Waals surface area contributed by atoms with Gasteiger partial charge < -0.3 is 4.42 Å². The molecule has 2 unspecified atom stereocenters. The lowest BCUT2D eigenvalue weighted by atomic mass is 9.94. The molecule has 2 aromatic rings. The van der Waals surface area contributed by atoms with E-state index in [-0.39, 0.29) is 12.1 Å². The van der Waals surface area contributed by atoms with Crippen LogP contribution >= 0.6 is 0 Å². The number of hydrogen-bond acceptors (Lipinski definition) is 3. The largest absolute Gasteiger partial charge is 0.444 e. The van der Waals surface area contributed by atoms with Crippen molar-refractivity contribution in [1.82, 2.24) is 10.3 Å². The first-order chi connectivity index (χ1) is 9.38. The van der Waals surface area contributed by atoms with Gasteiger partial charge in [-0.3, -0.25) is 5.32 Å². The minimum absolute atomic E-state index is 0.0961. The molecular weight excluding hydrogens is 248 g/mol. The lowest BCUT2D eigenvalue weighted by Gasteiger charge is -2.22. The minimum atomic E-state index is 0.0961. The van der Waals surface area contributed by atoms with Crippen LogP contribution in [0.15, 0.2) is 22.7 Å². The van der Waals surface area contributed by atoms with Crippen molar-refractivity contribution in [2.45, 2.75) is 53.6 Å². The molecular formula is C17H24N2O. The molecule has 20 heavy (non-hydrogen) atoms. The van der Waals surface area contributed by atoms with Gasteiger partial charge in [0.1, 0.15) is 5.76 Å². The number of hydrogen-bond donors (Lipinski definition) is 1. The van der Waals surface area contributed by atoms with E-state index in [1.165, 1.54) is 22.3 Å². The number of nitrogens with one attached hydrogen (secondary N) is 1. The van der Waals surface area contributed by atoms with Gasteiger partial charge >= 0.3 is 0 Å². The van der Waals surface area contributed by atoms with Crippen LogP contribution in [0.4, 0.5) is 0 Å². The van der Waals surface area contributed by atoms with E-state index in [4.69, 9.17) is 4.42 Å². The van der Waals surface area contributed by atoms with E-state index in [1.54, 1.807) is 6.20 Å². The standard InChI is InChI=1S/C17H24N2O/c1-10-7-11(2)16(12(3)8-10)14(5)19-15(6)17-18-9-13(4)20-17/h7-9,14-15,19H,1-6H3. The highest BCUT2D eigenvalue weighted by atomic mass is 16.4. The monoisotopic (exact) mass is 272 g/mol. The van der Waals surface area contributed by atoms with Gasteiger partial charge in [0.15, 0.2) is 0 Å². The first kappa shape index (κ1) is 14.8. The van der Waals surface area contributed by atoms with E-state index in [9.17, 15) is 0 Å². The quantitative estimate of drug-likeness (QED) is 0.900. The van der Waals surface area contributed by atoms with E-state index < -0.39 is 0 Å². The Balaban J connectivity index is 2.18. The third-order valence-corrected chi connectivity index (χ3v) is 3.68. The molecule has 0 amide bonds. The average Bonchev–Trinajstić information content (AvgIpc) is 2.74. The molecule has 0 spiro atoms. The number of aromatic nitrogens is 1. The van der Waals surface area contributed by atoms with E-state index in [1.807, 2.05) is 6.92 Å². The molecule has 108 valence electrons. The number of aryl methyl sites for hydroxylation is 4. The Kier molecular flexibility index (Phi) is 4.29. The number of nitrogens with zero attached hydrogens (tertiary/aromatic N) is 1. The smallest absolute Gasteiger partial charge is 0.211 e. The highest BCUT2D eigenvalue weighted by molar-refractivity contribution is 5.39. The second-order valence-electron chi connectivity index (χ2n) is 5.73. The van der Waals surface area contributed by atoms with Gasteiger partial charge in [-0.1, -0.05) is 17.7 Å². The highest BCUT2D eigenvalue weighted by Gasteiger charge is 2.17. The normalized spacial score (nSPS) is 14.3. The van der Waals surface area contributed by atoms with Gasteiger partial charge in [0.05, 0.1) is 12.2 Å². The van der Waals surface area contributed by atoms with Crippen molar-refractivity contribution >= 4 is 0 Å². The van der Waals surface area contributed by atoms with Gasteiger partial charge in [0, 0.05) is 6.04 Å². The molecule has 1 aromatic heterocycles. The molecule has 0 aliphatic heterocycles. The fraction of sp³-hybridized carbons (Fsp3) is 0.471. The molecule has 1 N–H and O–H groups in total. The molecule has 2 rings (SSSR count). The molecule has 0 saturated heterocycles. The molecule has 3 nitrogen and oxygen atoms in total. The summed E-state index contributed by atoms with van der Waals surface area (Å²) in [5, 5.41) is 3.57. The van der Waals surface area contributed by atoms with Crippen LogP contribution in [0.5, 0.6) is 0 Å². The van der Waals surface area contributed by atoms with Crippen LogP contribution in [0.2, 0.25) is 0 Å². The molecule has 0 fully saturated rings. The van der Waals surface area contributed by atoms with E-state index in [0.717, 1.165) is 11.7 Å². The zero-order chi connectivity index (χ0) is 14.9. The topological polar surface area (TPSA) is 38.1 Å². The summed E-state index contributed by atoms with van der Waals surface area (Å²) < 4.78 is 5.59. The van der Waals surface area contributed by atoms with Gasteiger partial charge in [0.25, 0.3) is 0 Å². The summed E-state index contributed by atoms with van der Waals surface area (Å²) >= 11 is 0. The Morgan fingerprint density at radius 1 is 1.00 bits per heavy atom. The van der Waals surface area contributed by atoms with Crippen molar-refractivity contribution in [3.63, 3.8) is 0 Å². The summed E-state index contributed by atoms with van der Waals surface area (Å²) in [5.74, 6) is 1.60. The van der Waals surface area contributed by atoms with E-state index in [0.29, 0.717) is 0 Å². The molecule has 3 heteroatoms. The second-order valence-corrected chi connectivity index (χ2v) is 5.73. The number of rotatable bonds is 4. The van der Waals surface area contributed by atoms with Crippen molar-refractivity contribution in [1.29, 1.82) is 0 Å². The predicted molar refractivity (Wildman–Crippen MR) is 81.9 cm³/mol. The Labute approximate surface area is 121 Å². The van der Waals surface area contributed by atoms with E-state index >= 15 is 0 Å². The maximum Gasteiger partial charge on any atom is 0.211 e. The minimum Gasteiger partial charge on any atom is -0.444 e. The zero-order valence-corrected chi connectivity index (χ0v) is 13.2. The zero-order valence-electron chi connectivity index (χ0n) is 13.2. The summed E-state index contributed by atoms with van der Waals surface area (Å²) in [6.07, 6.45) is 1.76. The first-order valence-corrected chi connectivity index (χ1v) is 7.14. The molecule has 0 radical (unpaired) electrons. The van der Waals surface area contributed by atoms with Gasteiger partial charge in [-0.15, -0.1) is 0 Å². The Hall–Kier alpha value is -1.61. The average molecular weight is 272 g/mol. The Morgan fingerprint density at radius 3 is 2.10 bits per heavy atom. The van der Waals surface area contributed by atoms with Crippen LogP contribution in [0, 0.1) is 27.7 Å². The maximum absolute atomic E-state index is 5.59. The summed E-state index contributed by atoms with van der Waals surface area (Å²) in [4.78, 5) is 4.29. The molecule has 0 aliphatic carbocycles. The van der Waals surface area contributed by atoms with Crippen LogP contribution in [0.3, 0.4) is 0 Å². The van der Waals surface area contributed by atoms with Crippen molar-refractivity contribution in [3.05, 3.63) is 52.2 Å². The maximum atomic E-state index is 5.59. The van der Waals surface area contributed by atoms with Crippen LogP contribution in [0.1, 0.15) is 59.8 Å². The van der Waals surface area contributed by atoms with Crippen molar-refractivity contribution in [2.75, 3.05) is 0 Å². The van der Waals surface area contributed by atoms with Gasteiger partial charge in [0.2, 0.25) is 5.89 Å². The van der Waals surface area contributed by atoms with Gasteiger partial charge in [-0.05, 0) is 58.2 Å². The third kappa shape index (κ3) is 3.10. The fourth-order valence-electron chi connectivity index (χ4n) is 2.98. The SMILES string of the molecule is Cc1cc(C)c(C(C)NC(C)c2ncc(C)o2)c(C)c1. The Morgan fingerprint density at radius 2 is 1.60 bits per heavy atom. The first-order valence-electron chi connectivity index (χ1n) is 7.14. The van der Waals surface area contributed by atoms with Crippen molar-refractivity contribution in [3.8, 4) is 0 Å². The summed E-state index contributed by atoms with van der Waals surface area (Å²) in [7, 11) is 0. The predicted octanol–water partition coefficient (Wildman–Crippen LogP) is 4.32. The fourth-order valence-corrected chi connectivity index (χ4v) is 2.98. The molecule has 1 aromatic carbocycles. The van der Waals surface area contributed by atoms with Crippen molar-refractivity contribution in [2.24, 2.45) is 0 Å². The van der Waals surface area contributed by atoms with E-state index in [2.05, 4.69) is 57.1 Å². The number of oxazole rings is 1. The highest BCUT2D eigenvalue weighted by Crippen LogP contribution is 2.25. The summed E-state index contributed by atoms with van der Waals surface area (Å²) in [6, 6.07) is 4.83. The van der Waals surface area contributed by atoms with Crippen LogP contribution < -0.4 is 5.32 Å². The molecule has 2 atom stereocenters. The Bertz CT molecular complexity index is 578. The van der Waals surface area contributed by atoms with Crippen LogP contribution in [0.25, 0.3) is 0 Å². The molecule has 0 bridgehead atoms. The van der Waals surface area contributed by atoms with Gasteiger partial charge in [-0.2, -0.15) is 0 Å². The molecule has 0 aliphatic rings. The van der Waals surface area contributed by atoms with Crippen LogP contribution in [-0.2, 0) is 0 Å². The third-order valence-electron chi connectivity index (χ3n) is 3.68. The lowest BCUT2D eigenvalue weighted by Crippen LogP contribution is -2.24. The summed E-state index contributed by atoms with van der Waals surface area (Å²) in [5.41, 5.74) is 5.34. The van der Waals surface area contributed by atoms with Crippen molar-refractivity contribution < 1.29 is 4.42 Å².